The van der Waals surface area contributed by atoms with Crippen molar-refractivity contribution in [2.24, 2.45) is 11.1 Å². The number of benzene rings is 1. The minimum absolute atomic E-state index is 0.125. The van der Waals surface area contributed by atoms with Crippen molar-refractivity contribution in [2.75, 3.05) is 10.7 Å². The van der Waals surface area contributed by atoms with E-state index < -0.39 is 5.92 Å². The van der Waals surface area contributed by atoms with Gasteiger partial charge >= 0.3 is 0 Å². The van der Waals surface area contributed by atoms with E-state index in [0.29, 0.717) is 17.8 Å². The summed E-state index contributed by atoms with van der Waals surface area (Å²) in [5, 5.41) is 10.3. The minimum Gasteiger partial charge on any atom is -0.384 e. The molecule has 0 fully saturated rings. The first-order chi connectivity index (χ1) is 15.7. The van der Waals surface area contributed by atoms with Gasteiger partial charge in [0.05, 0.1) is 21.8 Å². The standard InChI is InChI=1S/C27H31N3OS2/c1-6-18-12-19(26(33-18)32-7-2)23-20(15-28)25(29)30(17-10-8-16(3)9-11-17)21-13-27(4,5)14-22(31)24(21)23/h8-12,23H,6-7,13-14,29H2,1-5H3/t23-/m0/s1. The van der Waals surface area contributed by atoms with Crippen LogP contribution < -0.4 is 10.6 Å². The predicted molar refractivity (Wildman–Crippen MR) is 138 cm³/mol. The minimum atomic E-state index is -0.402. The van der Waals surface area contributed by atoms with Gasteiger partial charge in [-0.1, -0.05) is 45.4 Å². The number of Topliss-reactive ketones (excluding diaryl/α,β-unsaturated/α-hetero) is 1. The van der Waals surface area contributed by atoms with E-state index in [-0.39, 0.29) is 11.2 Å². The summed E-state index contributed by atoms with van der Waals surface area (Å²) in [6.45, 7) is 10.6. The largest absolute Gasteiger partial charge is 0.384 e. The fourth-order valence-electron chi connectivity index (χ4n) is 4.87. The molecule has 2 N–H and O–H groups in total. The second kappa shape index (κ2) is 9.04. The van der Waals surface area contributed by atoms with Gasteiger partial charge in [-0.05, 0) is 54.7 Å². The molecule has 2 heterocycles. The van der Waals surface area contributed by atoms with Crippen LogP contribution >= 0.6 is 23.1 Å². The Morgan fingerprint density at radius 3 is 2.55 bits per heavy atom. The van der Waals surface area contributed by atoms with Gasteiger partial charge in [-0.2, -0.15) is 5.26 Å². The SMILES string of the molecule is CCSc1sc(CC)cc1[C@H]1C(C#N)=C(N)N(c2ccc(C)cc2)C2=C1C(=O)CC(C)(C)C2. The van der Waals surface area contributed by atoms with Crippen molar-refractivity contribution in [1.29, 1.82) is 5.26 Å². The van der Waals surface area contributed by atoms with Crippen LogP contribution in [-0.2, 0) is 11.2 Å². The summed E-state index contributed by atoms with van der Waals surface area (Å²) in [6.07, 6.45) is 2.14. The first-order valence-corrected chi connectivity index (χ1v) is 13.3. The van der Waals surface area contributed by atoms with Crippen LogP contribution in [0, 0.1) is 23.7 Å². The van der Waals surface area contributed by atoms with Gasteiger partial charge in [-0.3, -0.25) is 9.69 Å². The number of carbonyl (C=O) groups excluding carboxylic acids is 1. The highest BCUT2D eigenvalue weighted by atomic mass is 32.2. The zero-order valence-corrected chi connectivity index (χ0v) is 21.6. The van der Waals surface area contributed by atoms with Gasteiger partial charge in [0, 0.05) is 28.3 Å². The Morgan fingerprint density at radius 2 is 1.94 bits per heavy atom. The Balaban J connectivity index is 2.00. The molecular formula is C27H31N3OS2. The molecule has 0 amide bonds. The quantitative estimate of drug-likeness (QED) is 0.487. The van der Waals surface area contributed by atoms with E-state index in [9.17, 15) is 10.1 Å². The number of nitriles is 1. The molecule has 0 bridgehead atoms. The van der Waals surface area contributed by atoms with Crippen molar-refractivity contribution in [2.45, 2.75) is 64.0 Å². The van der Waals surface area contributed by atoms with E-state index in [1.807, 2.05) is 36.1 Å². The molecule has 1 aliphatic heterocycles. The molecule has 0 saturated heterocycles. The zero-order valence-electron chi connectivity index (χ0n) is 20.0. The van der Waals surface area contributed by atoms with Gasteiger partial charge in [0.1, 0.15) is 5.82 Å². The molecule has 172 valence electrons. The van der Waals surface area contributed by atoms with Crippen molar-refractivity contribution < 1.29 is 4.79 Å². The second-order valence-electron chi connectivity index (χ2n) is 9.56. The second-order valence-corrected chi connectivity index (χ2v) is 12.2. The van der Waals surface area contributed by atoms with Gasteiger partial charge < -0.3 is 5.73 Å². The lowest BCUT2D eigenvalue weighted by atomic mass is 9.69. The van der Waals surface area contributed by atoms with E-state index in [1.165, 1.54) is 9.09 Å². The molecule has 2 aromatic rings. The summed E-state index contributed by atoms with van der Waals surface area (Å²) >= 11 is 3.56. The number of anilines is 1. The Morgan fingerprint density at radius 1 is 1.24 bits per heavy atom. The van der Waals surface area contributed by atoms with Crippen LogP contribution in [0.25, 0.3) is 0 Å². The number of nitrogens with zero attached hydrogens (tertiary/aromatic N) is 2. The lowest BCUT2D eigenvalue weighted by Gasteiger charge is -2.43. The van der Waals surface area contributed by atoms with Gasteiger partial charge in [-0.15, -0.1) is 23.1 Å². The van der Waals surface area contributed by atoms with Crippen molar-refractivity contribution in [1.82, 2.24) is 0 Å². The zero-order chi connectivity index (χ0) is 23.9. The molecule has 0 unspecified atom stereocenters. The van der Waals surface area contributed by atoms with E-state index in [4.69, 9.17) is 5.73 Å². The van der Waals surface area contributed by atoms with Crippen LogP contribution in [-0.4, -0.2) is 11.5 Å². The smallest absolute Gasteiger partial charge is 0.162 e. The highest BCUT2D eigenvalue weighted by Gasteiger charge is 2.45. The number of hydrogen-bond acceptors (Lipinski definition) is 6. The highest BCUT2D eigenvalue weighted by Crippen LogP contribution is 2.52. The van der Waals surface area contributed by atoms with E-state index in [1.54, 1.807) is 23.1 Å². The summed E-state index contributed by atoms with van der Waals surface area (Å²) in [4.78, 5) is 16.9. The number of rotatable bonds is 5. The summed E-state index contributed by atoms with van der Waals surface area (Å²) in [5.41, 5.74) is 11.9. The Hall–Kier alpha value is -2.49. The molecule has 1 aliphatic carbocycles. The third kappa shape index (κ3) is 4.25. The van der Waals surface area contributed by atoms with Crippen molar-refractivity contribution in [3.63, 3.8) is 0 Å². The summed E-state index contributed by atoms with van der Waals surface area (Å²) in [7, 11) is 0. The molecule has 1 aromatic carbocycles. The number of allylic oxidation sites excluding steroid dienone is 3. The average molecular weight is 478 g/mol. The summed E-state index contributed by atoms with van der Waals surface area (Å²) < 4.78 is 1.19. The number of aryl methyl sites for hydroxylation is 2. The molecular weight excluding hydrogens is 446 g/mol. The first-order valence-electron chi connectivity index (χ1n) is 11.5. The Bertz CT molecular complexity index is 1190. The molecule has 4 rings (SSSR count). The molecule has 6 heteroatoms. The number of ketones is 1. The maximum atomic E-state index is 13.7. The topological polar surface area (TPSA) is 70.1 Å². The number of thiophene rings is 1. The average Bonchev–Trinajstić information content (AvgIpc) is 3.16. The van der Waals surface area contributed by atoms with Gasteiger partial charge in [0.25, 0.3) is 0 Å². The predicted octanol–water partition coefficient (Wildman–Crippen LogP) is 6.67. The summed E-state index contributed by atoms with van der Waals surface area (Å²) in [6, 6.07) is 12.7. The van der Waals surface area contributed by atoms with Crippen LogP contribution in [0.15, 0.2) is 57.2 Å². The molecule has 0 spiro atoms. The van der Waals surface area contributed by atoms with Crippen LogP contribution in [0.3, 0.4) is 0 Å². The van der Waals surface area contributed by atoms with Crippen LogP contribution in [0.1, 0.15) is 62.5 Å². The van der Waals surface area contributed by atoms with Crippen molar-refractivity contribution in [3.05, 3.63) is 69.0 Å². The molecule has 33 heavy (non-hydrogen) atoms. The Labute approximate surface area is 205 Å². The van der Waals surface area contributed by atoms with Gasteiger partial charge in [0.2, 0.25) is 0 Å². The van der Waals surface area contributed by atoms with Crippen LogP contribution in [0.2, 0.25) is 0 Å². The fourth-order valence-corrected chi connectivity index (χ4v) is 7.25. The Kier molecular flexibility index (Phi) is 6.48. The molecule has 0 saturated carbocycles. The van der Waals surface area contributed by atoms with Crippen molar-refractivity contribution >= 4 is 34.6 Å². The molecule has 1 atom stereocenters. The lowest BCUT2D eigenvalue weighted by molar-refractivity contribution is -0.118. The summed E-state index contributed by atoms with van der Waals surface area (Å²) in [5.74, 6) is 1.10. The fraction of sp³-hybridized carbons (Fsp3) is 0.407. The highest BCUT2D eigenvalue weighted by molar-refractivity contribution is 8.01. The van der Waals surface area contributed by atoms with Crippen LogP contribution in [0.5, 0.6) is 0 Å². The number of carbonyl (C=O) groups is 1. The number of thioether (sulfide) groups is 1. The molecule has 1 aromatic heterocycles. The number of nitrogens with two attached hydrogens (primary N) is 1. The maximum absolute atomic E-state index is 13.7. The van der Waals surface area contributed by atoms with E-state index in [0.717, 1.165) is 46.7 Å². The van der Waals surface area contributed by atoms with Crippen LogP contribution in [0.4, 0.5) is 5.69 Å². The van der Waals surface area contributed by atoms with Gasteiger partial charge in [0.15, 0.2) is 5.78 Å². The third-order valence-electron chi connectivity index (χ3n) is 6.38. The first kappa shape index (κ1) is 23.7. The van der Waals surface area contributed by atoms with Gasteiger partial charge in [-0.25, -0.2) is 0 Å². The molecule has 0 radical (unpaired) electrons. The third-order valence-corrected chi connectivity index (χ3v) is 8.86. The van der Waals surface area contributed by atoms with E-state index >= 15 is 0 Å². The maximum Gasteiger partial charge on any atom is 0.162 e. The molecule has 4 nitrogen and oxygen atoms in total. The lowest BCUT2D eigenvalue weighted by Crippen LogP contribution is -2.42. The normalized spacial score (nSPS) is 20.2. The molecule has 2 aliphatic rings. The monoisotopic (exact) mass is 477 g/mol. The van der Waals surface area contributed by atoms with Crippen molar-refractivity contribution in [3.8, 4) is 6.07 Å². The van der Waals surface area contributed by atoms with E-state index in [2.05, 4.69) is 39.8 Å². The number of hydrogen-bond donors (Lipinski definition) is 1.